The molecule has 1 rings (SSSR count). The molecule has 1 aromatic heterocycles. The van der Waals surface area contributed by atoms with Gasteiger partial charge in [-0.1, -0.05) is 11.6 Å². The van der Waals surface area contributed by atoms with Crippen molar-refractivity contribution in [2.24, 2.45) is 7.05 Å². The average Bonchev–Trinajstić information content (AvgIpc) is 2.32. The minimum absolute atomic E-state index is 0.159. The predicted molar refractivity (Wildman–Crippen MR) is 48.7 cm³/mol. The van der Waals surface area contributed by atoms with Gasteiger partial charge < -0.3 is 4.74 Å². The molecule has 0 fully saturated rings. The number of aryl methyl sites for hydroxylation is 2. The lowest BCUT2D eigenvalue weighted by molar-refractivity contribution is -0.139. The maximum absolute atomic E-state index is 11.0. The number of carbonyl (C=O) groups is 1. The number of carbonyl (C=O) groups excluding carboxylic acids is 1. The van der Waals surface area contributed by atoms with E-state index < -0.39 is 0 Å². The van der Waals surface area contributed by atoms with E-state index in [1.807, 2.05) is 0 Å². The maximum Gasteiger partial charge on any atom is 0.311 e. The Labute approximate surface area is 81.4 Å². The number of methoxy groups -OCH3 is 1. The smallest absolute Gasteiger partial charge is 0.311 e. The molecule has 0 N–H and O–H groups in total. The van der Waals surface area contributed by atoms with Crippen molar-refractivity contribution >= 4 is 17.6 Å². The molecule has 0 bridgehead atoms. The van der Waals surface area contributed by atoms with Gasteiger partial charge in [-0.05, 0) is 6.92 Å². The first-order valence-electron chi connectivity index (χ1n) is 3.81. The Bertz CT molecular complexity index is 333. The highest BCUT2D eigenvalue weighted by Gasteiger charge is 2.14. The lowest BCUT2D eigenvalue weighted by atomic mass is 10.3. The van der Waals surface area contributed by atoms with Gasteiger partial charge in [-0.15, -0.1) is 0 Å². The Kier molecular flexibility index (Phi) is 2.93. The molecule has 0 spiro atoms. The Morgan fingerprint density at radius 3 is 2.69 bits per heavy atom. The van der Waals surface area contributed by atoms with E-state index in [1.54, 1.807) is 18.7 Å². The van der Waals surface area contributed by atoms with Gasteiger partial charge in [-0.2, -0.15) is 5.10 Å². The van der Waals surface area contributed by atoms with Crippen LogP contribution in [0.3, 0.4) is 0 Å². The summed E-state index contributed by atoms with van der Waals surface area (Å²) in [5.41, 5.74) is 1.41. The number of hydrogen-bond donors (Lipinski definition) is 0. The van der Waals surface area contributed by atoms with Crippen LogP contribution in [0.25, 0.3) is 0 Å². The van der Waals surface area contributed by atoms with Gasteiger partial charge in [0.05, 0.1) is 29.9 Å². The fraction of sp³-hybridized carbons (Fsp3) is 0.500. The molecule has 0 unspecified atom stereocenters. The highest BCUT2D eigenvalue weighted by molar-refractivity contribution is 6.32. The van der Waals surface area contributed by atoms with Crippen LogP contribution in [0.1, 0.15) is 11.4 Å². The van der Waals surface area contributed by atoms with Gasteiger partial charge in [0.15, 0.2) is 0 Å². The highest BCUT2D eigenvalue weighted by atomic mass is 35.5. The first kappa shape index (κ1) is 10.1. The summed E-state index contributed by atoms with van der Waals surface area (Å²) in [5.74, 6) is -0.315. The second kappa shape index (κ2) is 3.79. The molecule has 5 heteroatoms. The molecule has 13 heavy (non-hydrogen) atoms. The van der Waals surface area contributed by atoms with Crippen molar-refractivity contribution < 1.29 is 9.53 Å². The molecule has 0 amide bonds. The lowest BCUT2D eigenvalue weighted by Crippen LogP contribution is -2.09. The number of esters is 1. The van der Waals surface area contributed by atoms with Crippen molar-refractivity contribution in [3.8, 4) is 0 Å². The van der Waals surface area contributed by atoms with Crippen LogP contribution in [0.2, 0.25) is 5.02 Å². The third-order valence-corrected chi connectivity index (χ3v) is 2.29. The molecular formula is C8H11ClN2O2. The number of ether oxygens (including phenoxy) is 1. The lowest BCUT2D eigenvalue weighted by Gasteiger charge is -2.00. The summed E-state index contributed by atoms with van der Waals surface area (Å²) in [6.07, 6.45) is 0.159. The van der Waals surface area contributed by atoms with Crippen molar-refractivity contribution in [3.63, 3.8) is 0 Å². The molecule has 72 valence electrons. The van der Waals surface area contributed by atoms with Crippen molar-refractivity contribution in [2.45, 2.75) is 13.3 Å². The summed E-state index contributed by atoms with van der Waals surface area (Å²) in [6.45, 7) is 1.79. The van der Waals surface area contributed by atoms with Gasteiger partial charge in [-0.25, -0.2) is 0 Å². The number of hydrogen-bond acceptors (Lipinski definition) is 3. The van der Waals surface area contributed by atoms with E-state index in [0.29, 0.717) is 10.7 Å². The first-order chi connectivity index (χ1) is 6.06. The molecule has 0 aliphatic heterocycles. The Morgan fingerprint density at radius 1 is 1.69 bits per heavy atom. The number of aromatic nitrogens is 2. The summed E-state index contributed by atoms with van der Waals surface area (Å²) < 4.78 is 6.13. The van der Waals surface area contributed by atoms with Crippen LogP contribution in [-0.2, 0) is 23.0 Å². The highest BCUT2D eigenvalue weighted by Crippen LogP contribution is 2.19. The van der Waals surface area contributed by atoms with Crippen LogP contribution in [0, 0.1) is 6.92 Å². The fourth-order valence-corrected chi connectivity index (χ4v) is 1.31. The number of nitrogens with zero attached hydrogens (tertiary/aromatic N) is 2. The summed E-state index contributed by atoms with van der Waals surface area (Å²) in [7, 11) is 3.09. The van der Waals surface area contributed by atoms with E-state index in [2.05, 4.69) is 9.84 Å². The van der Waals surface area contributed by atoms with Crippen LogP contribution in [0.4, 0.5) is 0 Å². The van der Waals surface area contributed by atoms with E-state index in [9.17, 15) is 4.79 Å². The number of rotatable bonds is 2. The molecule has 1 aromatic rings. The Hall–Kier alpha value is -1.03. The molecule has 4 nitrogen and oxygen atoms in total. The van der Waals surface area contributed by atoms with E-state index >= 15 is 0 Å². The second-order valence-electron chi connectivity index (χ2n) is 2.72. The van der Waals surface area contributed by atoms with Gasteiger partial charge in [0.2, 0.25) is 0 Å². The number of halogens is 1. The monoisotopic (exact) mass is 202 g/mol. The van der Waals surface area contributed by atoms with E-state index in [0.717, 1.165) is 5.69 Å². The van der Waals surface area contributed by atoms with Crippen LogP contribution in [-0.4, -0.2) is 22.9 Å². The minimum Gasteiger partial charge on any atom is -0.469 e. The van der Waals surface area contributed by atoms with Crippen molar-refractivity contribution in [1.29, 1.82) is 0 Å². The topological polar surface area (TPSA) is 44.1 Å². The summed E-state index contributed by atoms with van der Waals surface area (Å²) >= 11 is 5.92. The summed E-state index contributed by atoms with van der Waals surface area (Å²) in [4.78, 5) is 11.0. The third kappa shape index (κ3) is 2.01. The molecule has 0 atom stereocenters. The first-order valence-corrected chi connectivity index (χ1v) is 4.18. The molecule has 0 saturated carbocycles. The molecule has 0 aliphatic carbocycles. The van der Waals surface area contributed by atoms with Crippen molar-refractivity contribution in [3.05, 3.63) is 16.4 Å². The average molecular weight is 203 g/mol. The van der Waals surface area contributed by atoms with E-state index in [4.69, 9.17) is 11.6 Å². The van der Waals surface area contributed by atoms with Gasteiger partial charge in [0.1, 0.15) is 0 Å². The second-order valence-corrected chi connectivity index (χ2v) is 3.10. The molecular weight excluding hydrogens is 192 g/mol. The molecule has 1 heterocycles. The van der Waals surface area contributed by atoms with Crippen LogP contribution < -0.4 is 0 Å². The zero-order valence-corrected chi connectivity index (χ0v) is 8.55. The largest absolute Gasteiger partial charge is 0.469 e. The van der Waals surface area contributed by atoms with Gasteiger partial charge >= 0.3 is 5.97 Å². The van der Waals surface area contributed by atoms with Crippen LogP contribution >= 0.6 is 11.6 Å². The van der Waals surface area contributed by atoms with Gasteiger partial charge in [-0.3, -0.25) is 9.48 Å². The minimum atomic E-state index is -0.315. The van der Waals surface area contributed by atoms with E-state index in [-0.39, 0.29) is 12.4 Å². The molecule has 0 radical (unpaired) electrons. The van der Waals surface area contributed by atoms with Gasteiger partial charge in [0, 0.05) is 7.05 Å². The summed E-state index contributed by atoms with van der Waals surface area (Å²) in [5, 5.41) is 4.61. The van der Waals surface area contributed by atoms with Crippen LogP contribution in [0.5, 0.6) is 0 Å². The molecule has 0 aliphatic rings. The molecule has 0 aromatic carbocycles. The van der Waals surface area contributed by atoms with Crippen molar-refractivity contribution in [1.82, 2.24) is 9.78 Å². The Balaban J connectivity index is 2.94. The third-order valence-electron chi connectivity index (χ3n) is 1.80. The summed E-state index contributed by atoms with van der Waals surface area (Å²) in [6, 6.07) is 0. The Morgan fingerprint density at radius 2 is 2.31 bits per heavy atom. The normalized spacial score (nSPS) is 10.2. The molecule has 0 saturated heterocycles. The predicted octanol–water partition coefficient (Wildman–Crippen LogP) is 1.10. The quantitative estimate of drug-likeness (QED) is 0.675. The van der Waals surface area contributed by atoms with E-state index in [1.165, 1.54) is 7.11 Å². The zero-order valence-electron chi connectivity index (χ0n) is 7.80. The van der Waals surface area contributed by atoms with Crippen molar-refractivity contribution in [2.75, 3.05) is 7.11 Å². The maximum atomic E-state index is 11.0. The van der Waals surface area contributed by atoms with Crippen LogP contribution in [0.15, 0.2) is 0 Å². The van der Waals surface area contributed by atoms with Gasteiger partial charge in [0.25, 0.3) is 0 Å². The standard InChI is InChI=1S/C8H11ClN2O2/c1-5-8(9)6(11(2)10-5)4-7(12)13-3/h4H2,1-3H3. The fourth-order valence-electron chi connectivity index (χ4n) is 1.08. The zero-order chi connectivity index (χ0) is 10.0. The SMILES string of the molecule is COC(=O)Cc1c(Cl)c(C)nn1C.